The fraction of sp³-hybridized carbons (Fsp3) is 0.0241. The van der Waals surface area contributed by atoms with Crippen LogP contribution in [0.15, 0.2) is 297 Å². The van der Waals surface area contributed by atoms with Gasteiger partial charge in [0.2, 0.25) is 0 Å². The Balaban J connectivity index is 0.768. The summed E-state index contributed by atoms with van der Waals surface area (Å²) < 4.78 is 4.51. The van der Waals surface area contributed by atoms with Crippen LogP contribution in [-0.4, -0.2) is 54.0 Å². The standard InChI is InChI=1S/C83H51N13/c84-50-52-34-36-53(37-35-52)68-49-63(96-72-33-19-17-31-66(72)70-48-60(39-45-74(70)96)81-90-77(56-24-10-3-11-25-56)87-78(91-81)57-26-12-4-13-27-57)41-43-67(68)83-93-79(58-28-14-5-15-29-58)92-82(94-83)64-42-40-62(46-61(64)51-85)95-71-32-18-16-30-65(71)69-47-59(38-44-73(69)95)80-88-75(54-20-6-1-7-21-54)86-76(89-80)55-22-8-2-9-23-55/h1-41,43-49,64H,42H2. The molecule has 13 heteroatoms. The van der Waals surface area contributed by atoms with Crippen LogP contribution in [0.3, 0.4) is 0 Å². The van der Waals surface area contributed by atoms with Crippen molar-refractivity contribution in [2.75, 3.05) is 0 Å². The summed E-state index contributed by atoms with van der Waals surface area (Å²) in [5.41, 5.74) is 15.3. The minimum absolute atomic E-state index is 0.431. The number of nitriles is 2. The third-order valence-corrected chi connectivity index (χ3v) is 17.7. The lowest BCUT2D eigenvalue weighted by molar-refractivity contribution is 0.740. The highest BCUT2D eigenvalue weighted by Crippen LogP contribution is 2.43. The minimum atomic E-state index is -0.517. The third-order valence-electron chi connectivity index (χ3n) is 17.7. The molecular weight excluding hydrogens is 1180 g/mol. The summed E-state index contributed by atoms with van der Waals surface area (Å²) in [6.45, 7) is 0. The molecule has 17 rings (SSSR count). The van der Waals surface area contributed by atoms with Crippen LogP contribution >= 0.6 is 0 Å². The van der Waals surface area contributed by atoms with Gasteiger partial charge in [0, 0.05) is 83.0 Å². The summed E-state index contributed by atoms with van der Waals surface area (Å²) in [7, 11) is 0. The van der Waals surface area contributed by atoms with Gasteiger partial charge in [0.1, 0.15) is 5.82 Å². The maximum Gasteiger partial charge on any atom is 0.164 e. The molecule has 0 saturated heterocycles. The van der Waals surface area contributed by atoms with Gasteiger partial charge < -0.3 is 9.13 Å². The second kappa shape index (κ2) is 24.0. The molecule has 13 nitrogen and oxygen atoms in total. The normalized spacial score (nSPS) is 13.0. The zero-order chi connectivity index (χ0) is 64.1. The van der Waals surface area contributed by atoms with Gasteiger partial charge in [-0.15, -0.1) is 0 Å². The van der Waals surface area contributed by atoms with Crippen LogP contribution in [0.4, 0.5) is 0 Å². The largest absolute Gasteiger partial charge is 0.310 e. The first-order valence-electron chi connectivity index (χ1n) is 31.6. The second-order valence-electron chi connectivity index (χ2n) is 23.5. The number of fused-ring (bicyclic) bond motifs is 6. The van der Waals surface area contributed by atoms with Crippen molar-refractivity contribution in [1.29, 1.82) is 10.5 Å². The molecule has 0 spiro atoms. The highest BCUT2D eigenvalue weighted by atomic mass is 15.1. The zero-order valence-corrected chi connectivity index (χ0v) is 51.3. The Hall–Kier alpha value is -13.5. The van der Waals surface area contributed by atoms with Crippen molar-refractivity contribution in [3.05, 3.63) is 308 Å². The molecule has 1 unspecified atom stereocenters. The van der Waals surface area contributed by atoms with Gasteiger partial charge in [-0.1, -0.05) is 206 Å². The summed E-state index contributed by atoms with van der Waals surface area (Å²) in [5.74, 6) is 4.34. The first-order valence-corrected chi connectivity index (χ1v) is 31.6. The molecule has 96 heavy (non-hydrogen) atoms. The van der Waals surface area contributed by atoms with E-state index in [0.29, 0.717) is 70.0 Å². The third kappa shape index (κ3) is 10.3. The Morgan fingerprint density at radius 2 is 0.688 bits per heavy atom. The Bertz CT molecular complexity index is 5760. The van der Waals surface area contributed by atoms with Crippen molar-refractivity contribution >= 4 is 49.3 Å². The van der Waals surface area contributed by atoms with Crippen LogP contribution in [0.25, 0.3) is 157 Å². The van der Waals surface area contributed by atoms with Gasteiger partial charge in [-0.2, -0.15) is 10.5 Å². The van der Waals surface area contributed by atoms with Crippen molar-refractivity contribution in [3.8, 4) is 120 Å². The Labute approximate surface area is 551 Å². The number of aromatic nitrogens is 11. The highest BCUT2D eigenvalue weighted by Gasteiger charge is 2.28. The van der Waals surface area contributed by atoms with Crippen molar-refractivity contribution in [1.82, 2.24) is 54.0 Å². The van der Waals surface area contributed by atoms with E-state index in [-0.39, 0.29) is 0 Å². The van der Waals surface area contributed by atoms with E-state index in [1.54, 1.807) is 0 Å². The summed E-state index contributed by atoms with van der Waals surface area (Å²) in [6.07, 6.45) is 4.59. The Morgan fingerprint density at radius 3 is 1.16 bits per heavy atom. The van der Waals surface area contributed by atoms with E-state index < -0.39 is 5.92 Å². The maximum absolute atomic E-state index is 11.3. The van der Waals surface area contributed by atoms with Crippen LogP contribution in [0, 0.1) is 22.7 Å². The topological polar surface area (TPSA) is 173 Å². The van der Waals surface area contributed by atoms with Gasteiger partial charge in [-0.05, 0) is 102 Å². The van der Waals surface area contributed by atoms with Crippen molar-refractivity contribution in [2.45, 2.75) is 12.3 Å². The Morgan fingerprint density at radius 1 is 0.302 bits per heavy atom. The fourth-order valence-corrected chi connectivity index (χ4v) is 13.1. The van der Waals surface area contributed by atoms with Gasteiger partial charge in [-0.3, -0.25) is 0 Å². The van der Waals surface area contributed by atoms with E-state index in [0.717, 1.165) is 111 Å². The lowest BCUT2D eigenvalue weighted by atomic mass is 9.90. The maximum atomic E-state index is 11.3. The molecule has 0 amide bonds. The zero-order valence-electron chi connectivity index (χ0n) is 51.3. The van der Waals surface area contributed by atoms with E-state index >= 15 is 0 Å². The fourth-order valence-electron chi connectivity index (χ4n) is 13.1. The number of rotatable bonds is 12. The first kappa shape index (κ1) is 56.5. The molecule has 0 bridgehead atoms. The SMILES string of the molecule is N#CC1=CC(n2c3ccccc3c3cc(-c4nc(-c5ccccc5)nc(-c5ccccc5)n4)ccc32)=CCC1c1nc(-c2ccccc2)nc(-c2ccc(-n3c4ccccc4c4cc(-c5nc(-c6ccccc6)nc(-c6ccccc6)n5)ccc43)cc2-c2ccc(C#N)cc2)n1. The van der Waals surface area contributed by atoms with E-state index in [2.05, 4.69) is 124 Å². The van der Waals surface area contributed by atoms with Gasteiger partial charge in [0.05, 0.1) is 45.7 Å². The monoisotopic (exact) mass is 1230 g/mol. The molecular formula is C83H51N13. The van der Waals surface area contributed by atoms with Gasteiger partial charge in [0.25, 0.3) is 0 Å². The van der Waals surface area contributed by atoms with Crippen LogP contribution < -0.4 is 0 Å². The number of benzene rings is 11. The van der Waals surface area contributed by atoms with Crippen molar-refractivity contribution in [2.24, 2.45) is 0 Å². The summed E-state index contributed by atoms with van der Waals surface area (Å²) in [4.78, 5) is 46.1. The molecule has 1 aliphatic rings. The van der Waals surface area contributed by atoms with E-state index in [9.17, 15) is 10.5 Å². The van der Waals surface area contributed by atoms with Crippen molar-refractivity contribution < 1.29 is 0 Å². The first-order chi connectivity index (χ1) is 47.5. The van der Waals surface area contributed by atoms with Gasteiger partial charge >= 0.3 is 0 Å². The summed E-state index contributed by atoms with van der Waals surface area (Å²) >= 11 is 0. The molecule has 0 fully saturated rings. The quantitative estimate of drug-likeness (QED) is 0.114. The number of hydrogen-bond donors (Lipinski definition) is 0. The smallest absolute Gasteiger partial charge is 0.164 e. The van der Waals surface area contributed by atoms with Gasteiger partial charge in [0.15, 0.2) is 46.6 Å². The van der Waals surface area contributed by atoms with E-state index in [1.165, 1.54) is 0 Å². The number of para-hydroxylation sites is 2. The molecule has 0 radical (unpaired) electrons. The molecule has 448 valence electrons. The lowest BCUT2D eigenvalue weighted by Crippen LogP contribution is -2.13. The molecule has 11 aromatic carbocycles. The summed E-state index contributed by atoms with van der Waals surface area (Å²) in [5, 5.41) is 25.5. The molecule has 1 aliphatic carbocycles. The Kier molecular flexibility index (Phi) is 14.1. The van der Waals surface area contributed by atoms with Crippen LogP contribution in [0.1, 0.15) is 23.7 Å². The van der Waals surface area contributed by atoms with E-state index in [4.69, 9.17) is 44.9 Å². The molecule has 5 heterocycles. The van der Waals surface area contributed by atoms with Crippen molar-refractivity contribution in [3.63, 3.8) is 0 Å². The highest BCUT2D eigenvalue weighted by molar-refractivity contribution is 6.12. The number of nitrogens with zero attached hydrogens (tertiary/aromatic N) is 13. The number of hydrogen-bond acceptors (Lipinski definition) is 11. The van der Waals surface area contributed by atoms with Crippen LogP contribution in [0.5, 0.6) is 0 Å². The molecule has 5 aromatic heterocycles. The predicted molar refractivity (Wildman–Crippen MR) is 379 cm³/mol. The molecule has 1 atom stereocenters. The molecule has 0 saturated carbocycles. The molecule has 0 N–H and O–H groups in total. The second-order valence-corrected chi connectivity index (χ2v) is 23.5. The van der Waals surface area contributed by atoms with Gasteiger partial charge in [-0.25, -0.2) is 44.9 Å². The van der Waals surface area contributed by atoms with Crippen LogP contribution in [0.2, 0.25) is 0 Å². The lowest BCUT2D eigenvalue weighted by Gasteiger charge is -2.21. The average molecular weight is 1230 g/mol. The molecule has 0 aliphatic heterocycles. The minimum Gasteiger partial charge on any atom is -0.310 e. The predicted octanol–water partition coefficient (Wildman–Crippen LogP) is 18.8. The van der Waals surface area contributed by atoms with E-state index in [1.807, 2.05) is 188 Å². The summed E-state index contributed by atoms with van der Waals surface area (Å²) in [6, 6.07) is 98.2. The molecule has 16 aromatic rings. The average Bonchev–Trinajstić information content (AvgIpc) is 1.55. The number of allylic oxidation sites excluding steroid dienone is 4. The van der Waals surface area contributed by atoms with Crippen LogP contribution in [-0.2, 0) is 0 Å².